The molecule has 0 saturated carbocycles. The van der Waals surface area contributed by atoms with E-state index in [0.29, 0.717) is 9.23 Å². The lowest BCUT2D eigenvalue weighted by molar-refractivity contribution is -0.115. The Morgan fingerprint density at radius 2 is 1.82 bits per heavy atom. The third-order valence-corrected chi connectivity index (χ3v) is 3.82. The number of carbonyl (C=O) groups excluding carboxylic acids is 1. The summed E-state index contributed by atoms with van der Waals surface area (Å²) in [7, 11) is 0. The molecule has 1 amide bonds. The first-order chi connectivity index (χ1) is 7.97. The van der Waals surface area contributed by atoms with E-state index >= 15 is 0 Å². The third kappa shape index (κ3) is 2.58. The summed E-state index contributed by atoms with van der Waals surface area (Å²) in [6.45, 7) is 6.19. The van der Waals surface area contributed by atoms with Crippen LogP contribution < -0.4 is 5.32 Å². The van der Waals surface area contributed by atoms with Crippen LogP contribution in [-0.2, 0) is 4.79 Å². The fraction of sp³-hybridized carbons (Fsp3) is 0.231. The second-order valence-electron chi connectivity index (χ2n) is 4.16. The Bertz CT molecular complexity index is 523. The lowest BCUT2D eigenvalue weighted by Crippen LogP contribution is -2.17. The number of hydrogen-bond acceptors (Lipinski definition) is 3. The summed E-state index contributed by atoms with van der Waals surface area (Å²) in [5.41, 5.74) is 4.71. The van der Waals surface area contributed by atoms with Gasteiger partial charge >= 0.3 is 0 Å². The number of thiocarbonyl (C=S) groups is 1. The molecule has 1 aliphatic rings. The average molecular weight is 263 g/mol. The van der Waals surface area contributed by atoms with Gasteiger partial charge in [0.15, 0.2) is 0 Å². The SMILES string of the molecule is Cc1cc(C)c(C=C2SC(=S)NC2=O)c(C)c1. The number of hydrogen-bond donors (Lipinski definition) is 1. The van der Waals surface area contributed by atoms with Crippen molar-refractivity contribution in [3.05, 3.63) is 39.3 Å². The van der Waals surface area contributed by atoms with Crippen molar-refractivity contribution in [1.82, 2.24) is 5.32 Å². The van der Waals surface area contributed by atoms with Crippen LogP contribution in [0.1, 0.15) is 22.3 Å². The summed E-state index contributed by atoms with van der Waals surface area (Å²) in [6.07, 6.45) is 1.92. The van der Waals surface area contributed by atoms with Crippen molar-refractivity contribution < 1.29 is 4.79 Å². The van der Waals surface area contributed by atoms with E-state index in [9.17, 15) is 4.79 Å². The summed E-state index contributed by atoms with van der Waals surface area (Å²) >= 11 is 6.29. The van der Waals surface area contributed by atoms with Gasteiger partial charge in [-0.15, -0.1) is 0 Å². The van der Waals surface area contributed by atoms with Crippen molar-refractivity contribution in [1.29, 1.82) is 0 Å². The van der Waals surface area contributed by atoms with E-state index in [4.69, 9.17) is 12.2 Å². The number of thioether (sulfide) groups is 1. The molecule has 0 radical (unpaired) electrons. The van der Waals surface area contributed by atoms with E-state index in [-0.39, 0.29) is 5.91 Å². The fourth-order valence-electron chi connectivity index (χ4n) is 1.97. The number of nitrogens with one attached hydrogen (secondary N) is 1. The fourth-order valence-corrected chi connectivity index (χ4v) is 3.00. The second-order valence-corrected chi connectivity index (χ2v) is 5.88. The maximum Gasteiger partial charge on any atom is 0.263 e. The molecule has 0 spiro atoms. The monoisotopic (exact) mass is 263 g/mol. The molecular weight excluding hydrogens is 250 g/mol. The molecule has 0 atom stereocenters. The number of amides is 1. The molecule has 2 nitrogen and oxygen atoms in total. The zero-order chi connectivity index (χ0) is 12.6. The molecule has 1 heterocycles. The van der Waals surface area contributed by atoms with Crippen LogP contribution in [-0.4, -0.2) is 10.2 Å². The van der Waals surface area contributed by atoms with Crippen LogP contribution in [0.15, 0.2) is 17.0 Å². The van der Waals surface area contributed by atoms with Gasteiger partial charge in [0, 0.05) is 0 Å². The topological polar surface area (TPSA) is 29.1 Å². The zero-order valence-electron chi connectivity index (χ0n) is 9.96. The lowest BCUT2D eigenvalue weighted by atomic mass is 9.99. The Kier molecular flexibility index (Phi) is 3.35. The van der Waals surface area contributed by atoms with Crippen molar-refractivity contribution in [3.63, 3.8) is 0 Å². The second kappa shape index (κ2) is 4.63. The largest absolute Gasteiger partial charge is 0.307 e. The number of rotatable bonds is 1. The normalized spacial score (nSPS) is 17.7. The van der Waals surface area contributed by atoms with Crippen molar-refractivity contribution >= 4 is 40.3 Å². The molecular formula is C13H13NOS2. The third-order valence-electron chi connectivity index (χ3n) is 2.66. The maximum absolute atomic E-state index is 11.6. The Balaban J connectivity index is 2.46. The van der Waals surface area contributed by atoms with Gasteiger partial charge in [0.25, 0.3) is 5.91 Å². The summed E-state index contributed by atoms with van der Waals surface area (Å²) in [5, 5.41) is 2.62. The Morgan fingerprint density at radius 1 is 1.24 bits per heavy atom. The highest BCUT2D eigenvalue weighted by Crippen LogP contribution is 2.28. The van der Waals surface area contributed by atoms with Gasteiger partial charge < -0.3 is 5.32 Å². The number of benzene rings is 1. The molecule has 1 aliphatic heterocycles. The first-order valence-corrected chi connectivity index (χ1v) is 6.52. The molecule has 1 saturated heterocycles. The van der Waals surface area contributed by atoms with Crippen LogP contribution in [0, 0.1) is 20.8 Å². The Hall–Kier alpha value is -1.13. The summed E-state index contributed by atoms with van der Waals surface area (Å²) in [5.74, 6) is -0.0978. The van der Waals surface area contributed by atoms with Crippen LogP contribution in [0.2, 0.25) is 0 Å². The van der Waals surface area contributed by atoms with E-state index in [1.165, 1.54) is 28.5 Å². The molecule has 17 heavy (non-hydrogen) atoms. The first-order valence-electron chi connectivity index (χ1n) is 5.30. The maximum atomic E-state index is 11.6. The quantitative estimate of drug-likeness (QED) is 0.623. The van der Waals surface area contributed by atoms with E-state index in [1.807, 2.05) is 6.08 Å². The van der Waals surface area contributed by atoms with Gasteiger partial charge in [0.05, 0.1) is 4.91 Å². The molecule has 88 valence electrons. The molecule has 1 aromatic rings. The van der Waals surface area contributed by atoms with Crippen LogP contribution in [0.5, 0.6) is 0 Å². The van der Waals surface area contributed by atoms with Gasteiger partial charge in [-0.25, -0.2) is 0 Å². The van der Waals surface area contributed by atoms with Gasteiger partial charge in [-0.05, 0) is 43.5 Å². The molecule has 2 rings (SSSR count). The Labute approximate surface area is 110 Å². The van der Waals surface area contributed by atoms with E-state index in [1.54, 1.807) is 0 Å². The predicted molar refractivity (Wildman–Crippen MR) is 77.0 cm³/mol. The minimum atomic E-state index is -0.0978. The van der Waals surface area contributed by atoms with E-state index < -0.39 is 0 Å². The highest BCUT2D eigenvalue weighted by molar-refractivity contribution is 8.26. The van der Waals surface area contributed by atoms with Gasteiger partial charge in [-0.1, -0.05) is 41.7 Å². The van der Waals surface area contributed by atoms with Gasteiger partial charge in [0.2, 0.25) is 0 Å². The van der Waals surface area contributed by atoms with Crippen LogP contribution >= 0.6 is 24.0 Å². The van der Waals surface area contributed by atoms with Gasteiger partial charge in [0.1, 0.15) is 4.32 Å². The van der Waals surface area contributed by atoms with Crippen molar-refractivity contribution in [3.8, 4) is 0 Å². The van der Waals surface area contributed by atoms with E-state index in [0.717, 1.165) is 5.56 Å². The zero-order valence-corrected chi connectivity index (χ0v) is 11.6. The summed E-state index contributed by atoms with van der Waals surface area (Å²) < 4.78 is 0.531. The van der Waals surface area contributed by atoms with Crippen molar-refractivity contribution in [2.75, 3.05) is 0 Å². The average Bonchev–Trinajstić information content (AvgIpc) is 2.51. The van der Waals surface area contributed by atoms with Crippen LogP contribution in [0.4, 0.5) is 0 Å². The highest BCUT2D eigenvalue weighted by atomic mass is 32.2. The molecule has 0 aromatic heterocycles. The van der Waals surface area contributed by atoms with Crippen LogP contribution in [0.25, 0.3) is 6.08 Å². The van der Waals surface area contributed by atoms with Crippen molar-refractivity contribution in [2.24, 2.45) is 0 Å². The standard InChI is InChI=1S/C13H13NOS2/c1-7-4-8(2)10(9(3)5-7)6-11-12(15)14-13(16)17-11/h4-6H,1-3H3,(H,14,15,16). The van der Waals surface area contributed by atoms with Gasteiger partial charge in [-0.2, -0.15) is 0 Å². The molecule has 0 aliphatic carbocycles. The lowest BCUT2D eigenvalue weighted by Gasteiger charge is -2.07. The molecule has 1 aromatic carbocycles. The number of carbonyl (C=O) groups is 1. The number of aryl methyl sites for hydroxylation is 3. The molecule has 1 fully saturated rings. The molecule has 0 unspecified atom stereocenters. The molecule has 1 N–H and O–H groups in total. The van der Waals surface area contributed by atoms with Crippen molar-refractivity contribution in [2.45, 2.75) is 20.8 Å². The minimum absolute atomic E-state index is 0.0978. The van der Waals surface area contributed by atoms with E-state index in [2.05, 4.69) is 38.2 Å². The highest BCUT2D eigenvalue weighted by Gasteiger charge is 2.22. The molecule has 4 heteroatoms. The summed E-state index contributed by atoms with van der Waals surface area (Å²) in [4.78, 5) is 12.3. The predicted octanol–water partition coefficient (Wildman–Crippen LogP) is 3.10. The Morgan fingerprint density at radius 3 is 2.29 bits per heavy atom. The summed E-state index contributed by atoms with van der Waals surface area (Å²) in [6, 6.07) is 4.24. The first kappa shape index (κ1) is 12.3. The van der Waals surface area contributed by atoms with Crippen LogP contribution in [0.3, 0.4) is 0 Å². The van der Waals surface area contributed by atoms with Gasteiger partial charge in [-0.3, -0.25) is 4.79 Å². The smallest absolute Gasteiger partial charge is 0.263 e. The minimum Gasteiger partial charge on any atom is -0.307 e. The molecule has 0 bridgehead atoms.